The van der Waals surface area contributed by atoms with Gasteiger partial charge >= 0.3 is 0 Å². The Morgan fingerprint density at radius 1 is 0.375 bits per heavy atom. The summed E-state index contributed by atoms with van der Waals surface area (Å²) in [5, 5.41) is 11.8. The second kappa shape index (κ2) is 12.6. The first-order valence-corrected chi connectivity index (χ1v) is 15.8. The van der Waals surface area contributed by atoms with Gasteiger partial charge < -0.3 is 0 Å². The van der Waals surface area contributed by atoms with Crippen LogP contribution in [0.1, 0.15) is 5.56 Å². The molecule has 0 aliphatic carbocycles. The molecule has 0 radical (unpaired) electrons. The molecule has 0 fully saturated rings. The Hall–Kier alpha value is -6.70. The normalized spacial score (nSPS) is 10.9. The van der Waals surface area contributed by atoms with Crippen LogP contribution in [0.4, 0.5) is 0 Å². The van der Waals surface area contributed by atoms with Crippen molar-refractivity contribution in [2.45, 2.75) is 0 Å². The highest BCUT2D eigenvalue weighted by atomic mass is 15.0. The third-order valence-electron chi connectivity index (χ3n) is 8.56. The molecule has 0 N–H and O–H groups in total. The van der Waals surface area contributed by atoms with Crippen molar-refractivity contribution < 1.29 is 0 Å². The van der Waals surface area contributed by atoms with E-state index >= 15 is 0 Å². The van der Waals surface area contributed by atoms with E-state index in [1.165, 1.54) is 10.8 Å². The van der Waals surface area contributed by atoms with Gasteiger partial charge in [0, 0.05) is 16.7 Å². The molecule has 4 nitrogen and oxygen atoms in total. The van der Waals surface area contributed by atoms with E-state index in [9.17, 15) is 5.26 Å². The second-order valence-electron chi connectivity index (χ2n) is 11.6. The summed E-state index contributed by atoms with van der Waals surface area (Å²) in [6.45, 7) is 0. The van der Waals surface area contributed by atoms with E-state index in [0.717, 1.165) is 50.1 Å². The Balaban J connectivity index is 1.24. The minimum atomic E-state index is 0.625. The molecule has 0 aliphatic rings. The number of fused-ring (bicyclic) bond motifs is 1. The van der Waals surface area contributed by atoms with Gasteiger partial charge in [0.1, 0.15) is 0 Å². The molecule has 1 heterocycles. The molecule has 8 rings (SSSR count). The van der Waals surface area contributed by atoms with Crippen molar-refractivity contribution in [3.63, 3.8) is 0 Å². The first kappa shape index (κ1) is 28.8. The maximum Gasteiger partial charge on any atom is 0.164 e. The number of hydrogen-bond acceptors (Lipinski definition) is 4. The van der Waals surface area contributed by atoms with Crippen molar-refractivity contribution in [2.24, 2.45) is 0 Å². The van der Waals surface area contributed by atoms with Crippen molar-refractivity contribution >= 4 is 10.8 Å². The fraction of sp³-hybridized carbons (Fsp3) is 0. The topological polar surface area (TPSA) is 62.5 Å². The Kier molecular flexibility index (Phi) is 7.54. The van der Waals surface area contributed by atoms with Crippen LogP contribution in [0, 0.1) is 11.3 Å². The molecule has 48 heavy (non-hydrogen) atoms. The molecule has 0 bridgehead atoms. The van der Waals surface area contributed by atoms with E-state index in [1.54, 1.807) is 0 Å². The van der Waals surface area contributed by atoms with Crippen LogP contribution in [-0.4, -0.2) is 15.0 Å². The number of benzene rings is 7. The molecule has 0 spiro atoms. The summed E-state index contributed by atoms with van der Waals surface area (Å²) in [4.78, 5) is 14.7. The van der Waals surface area contributed by atoms with Crippen molar-refractivity contribution in [2.75, 3.05) is 0 Å². The van der Waals surface area contributed by atoms with Gasteiger partial charge in [-0.3, -0.25) is 0 Å². The quantitative estimate of drug-likeness (QED) is 0.187. The SMILES string of the molecule is N#Cc1cccc(-c2cccc(-c3ccc4ccccc4c3-c3ccc(-c4nc(-c5ccccc5)nc(-c5ccccc5)n4)cc3)c2)c1. The highest BCUT2D eigenvalue weighted by Crippen LogP contribution is 2.40. The third-order valence-corrected chi connectivity index (χ3v) is 8.56. The molecule has 0 amide bonds. The van der Waals surface area contributed by atoms with Gasteiger partial charge in [-0.1, -0.05) is 152 Å². The van der Waals surface area contributed by atoms with E-state index < -0.39 is 0 Å². The van der Waals surface area contributed by atoms with Crippen molar-refractivity contribution in [3.05, 3.63) is 175 Å². The lowest BCUT2D eigenvalue weighted by atomic mass is 9.88. The monoisotopic (exact) mass is 612 g/mol. The smallest absolute Gasteiger partial charge is 0.164 e. The van der Waals surface area contributed by atoms with Crippen LogP contribution < -0.4 is 0 Å². The number of rotatable bonds is 6. The van der Waals surface area contributed by atoms with E-state index in [0.29, 0.717) is 23.0 Å². The van der Waals surface area contributed by atoms with Gasteiger partial charge in [0.25, 0.3) is 0 Å². The lowest BCUT2D eigenvalue weighted by Gasteiger charge is -2.16. The maximum atomic E-state index is 9.47. The minimum absolute atomic E-state index is 0.625. The molecule has 0 saturated heterocycles. The molecule has 0 unspecified atom stereocenters. The van der Waals surface area contributed by atoms with E-state index in [1.807, 2.05) is 84.9 Å². The molecule has 1 aromatic heterocycles. The molecule has 8 aromatic rings. The van der Waals surface area contributed by atoms with Gasteiger partial charge in [0.15, 0.2) is 17.5 Å². The van der Waals surface area contributed by atoms with Crippen LogP contribution in [0.25, 0.3) is 78.3 Å². The fourth-order valence-electron chi connectivity index (χ4n) is 6.18. The average Bonchev–Trinajstić information content (AvgIpc) is 3.18. The van der Waals surface area contributed by atoms with Crippen LogP contribution in [0.15, 0.2) is 170 Å². The summed E-state index contributed by atoms with van der Waals surface area (Å²) in [6.07, 6.45) is 0. The number of aromatic nitrogens is 3. The zero-order valence-electron chi connectivity index (χ0n) is 26.0. The Labute approximate surface area is 279 Å². The predicted octanol–water partition coefficient (Wildman–Crippen LogP) is 10.9. The lowest BCUT2D eigenvalue weighted by Crippen LogP contribution is -2.00. The van der Waals surface area contributed by atoms with Crippen LogP contribution in [0.3, 0.4) is 0 Å². The van der Waals surface area contributed by atoms with Crippen LogP contribution in [0.5, 0.6) is 0 Å². The molecule has 0 atom stereocenters. The first-order chi connectivity index (χ1) is 23.7. The summed E-state index contributed by atoms with van der Waals surface area (Å²) >= 11 is 0. The molecular formula is C44H28N4. The van der Waals surface area contributed by atoms with Gasteiger partial charge in [-0.2, -0.15) is 5.26 Å². The van der Waals surface area contributed by atoms with Crippen molar-refractivity contribution in [3.8, 4) is 73.6 Å². The Morgan fingerprint density at radius 3 is 1.52 bits per heavy atom. The summed E-state index contributed by atoms with van der Waals surface area (Å²) < 4.78 is 0. The lowest BCUT2D eigenvalue weighted by molar-refractivity contribution is 1.07. The third kappa shape index (κ3) is 5.62. The van der Waals surface area contributed by atoms with Crippen LogP contribution >= 0.6 is 0 Å². The first-order valence-electron chi connectivity index (χ1n) is 15.8. The number of hydrogen-bond donors (Lipinski definition) is 0. The van der Waals surface area contributed by atoms with E-state index in [2.05, 4.69) is 91.0 Å². The van der Waals surface area contributed by atoms with E-state index in [4.69, 9.17) is 15.0 Å². The summed E-state index contributed by atoms with van der Waals surface area (Å²) in [5.74, 6) is 1.90. The van der Waals surface area contributed by atoms with Crippen LogP contribution in [-0.2, 0) is 0 Å². The summed E-state index contributed by atoms with van der Waals surface area (Å²) in [6, 6.07) is 60.0. The number of nitriles is 1. The maximum absolute atomic E-state index is 9.47. The molecule has 224 valence electrons. The predicted molar refractivity (Wildman–Crippen MR) is 195 cm³/mol. The molecule has 0 aliphatic heterocycles. The largest absolute Gasteiger partial charge is 0.208 e. The highest BCUT2D eigenvalue weighted by molar-refractivity contribution is 6.04. The molecule has 7 aromatic carbocycles. The van der Waals surface area contributed by atoms with E-state index in [-0.39, 0.29) is 0 Å². The summed E-state index contributed by atoms with van der Waals surface area (Å²) in [7, 11) is 0. The Bertz CT molecular complexity index is 2390. The standard InChI is InChI=1S/C44H28N4/c45-29-30-11-9-17-36(27-30)37-18-10-19-38(28-37)40-26-25-31-12-7-8-20-39(31)41(40)32-21-23-35(24-22-32)44-47-42(33-13-3-1-4-14-33)46-43(48-44)34-15-5-2-6-16-34/h1-28H. The zero-order valence-corrected chi connectivity index (χ0v) is 26.0. The second-order valence-corrected chi connectivity index (χ2v) is 11.6. The zero-order chi connectivity index (χ0) is 32.3. The van der Waals surface area contributed by atoms with Gasteiger partial charge in [-0.25, -0.2) is 15.0 Å². The van der Waals surface area contributed by atoms with Crippen LogP contribution in [0.2, 0.25) is 0 Å². The minimum Gasteiger partial charge on any atom is -0.208 e. The van der Waals surface area contributed by atoms with Gasteiger partial charge in [-0.15, -0.1) is 0 Å². The highest BCUT2D eigenvalue weighted by Gasteiger charge is 2.15. The van der Waals surface area contributed by atoms with Crippen molar-refractivity contribution in [1.29, 1.82) is 5.26 Å². The fourth-order valence-corrected chi connectivity index (χ4v) is 6.18. The number of nitrogens with zero attached hydrogens (tertiary/aromatic N) is 4. The molecule has 4 heteroatoms. The summed E-state index contributed by atoms with van der Waals surface area (Å²) in [5.41, 5.74) is 10.0. The molecular weight excluding hydrogens is 585 g/mol. The van der Waals surface area contributed by atoms with Crippen molar-refractivity contribution in [1.82, 2.24) is 15.0 Å². The molecule has 0 saturated carbocycles. The Morgan fingerprint density at radius 2 is 0.875 bits per heavy atom. The average molecular weight is 613 g/mol. The van der Waals surface area contributed by atoms with Gasteiger partial charge in [0.2, 0.25) is 0 Å². The van der Waals surface area contributed by atoms with Gasteiger partial charge in [0.05, 0.1) is 11.6 Å². The van der Waals surface area contributed by atoms with Gasteiger partial charge in [-0.05, 0) is 62.4 Å².